The summed E-state index contributed by atoms with van der Waals surface area (Å²) in [5.74, 6) is 0.207. The van der Waals surface area contributed by atoms with Crippen LogP contribution in [0.5, 0.6) is 5.75 Å². The molecule has 1 atom stereocenters. The summed E-state index contributed by atoms with van der Waals surface area (Å²) in [6.45, 7) is 6.25. The number of benzene rings is 2. The topological polar surface area (TPSA) is 80.0 Å². The predicted octanol–water partition coefficient (Wildman–Crippen LogP) is 4.77. The number of rotatable bonds is 3. The lowest BCUT2D eigenvalue weighted by molar-refractivity contribution is -0.132. The van der Waals surface area contributed by atoms with Crippen molar-refractivity contribution < 1.29 is 23.8 Å². The van der Waals surface area contributed by atoms with Gasteiger partial charge in [-0.1, -0.05) is 12.1 Å². The Kier molecular flexibility index (Phi) is 4.66. The van der Waals surface area contributed by atoms with Crippen molar-refractivity contribution in [1.29, 1.82) is 0 Å². The monoisotopic (exact) mass is 429 g/mol. The van der Waals surface area contributed by atoms with Gasteiger partial charge in [-0.25, -0.2) is 0 Å². The first-order valence-corrected chi connectivity index (χ1v) is 10.6. The van der Waals surface area contributed by atoms with Crippen molar-refractivity contribution >= 4 is 23.1 Å². The second-order valence-corrected chi connectivity index (χ2v) is 8.26. The average molecular weight is 429 g/mol. The Labute approximate surface area is 185 Å². The van der Waals surface area contributed by atoms with E-state index in [0.29, 0.717) is 29.4 Å². The maximum Gasteiger partial charge on any atom is 0.300 e. The Morgan fingerprint density at radius 3 is 2.62 bits per heavy atom. The fourth-order valence-electron chi connectivity index (χ4n) is 4.44. The zero-order valence-electron chi connectivity index (χ0n) is 18.1. The first-order chi connectivity index (χ1) is 15.4. The van der Waals surface area contributed by atoms with Crippen molar-refractivity contribution in [2.75, 3.05) is 11.5 Å². The first kappa shape index (κ1) is 20.1. The number of Topliss-reactive ketones (excluding diaryl/α,β-unsaturated/α-hetero) is 1. The van der Waals surface area contributed by atoms with Gasteiger partial charge in [0.25, 0.3) is 11.7 Å². The van der Waals surface area contributed by atoms with Gasteiger partial charge in [0.1, 0.15) is 29.1 Å². The number of anilines is 1. The quantitative estimate of drug-likeness (QED) is 0.369. The fourth-order valence-corrected chi connectivity index (χ4v) is 4.44. The molecular formula is C26H23NO5. The van der Waals surface area contributed by atoms with Gasteiger partial charge in [-0.3, -0.25) is 14.5 Å². The van der Waals surface area contributed by atoms with Crippen molar-refractivity contribution in [3.8, 4) is 5.75 Å². The molecular weight excluding hydrogens is 406 g/mol. The second kappa shape index (κ2) is 7.41. The molecule has 1 fully saturated rings. The molecule has 3 heterocycles. The van der Waals surface area contributed by atoms with Gasteiger partial charge in [0.05, 0.1) is 12.2 Å². The van der Waals surface area contributed by atoms with Gasteiger partial charge in [-0.05, 0) is 73.9 Å². The van der Waals surface area contributed by atoms with Crippen LogP contribution in [0.1, 0.15) is 39.8 Å². The molecule has 6 heteroatoms. The Balaban J connectivity index is 1.72. The van der Waals surface area contributed by atoms with E-state index in [4.69, 9.17) is 9.15 Å². The number of aryl methyl sites for hydroxylation is 2. The van der Waals surface area contributed by atoms with Gasteiger partial charge in [-0.2, -0.15) is 0 Å². The van der Waals surface area contributed by atoms with E-state index in [9.17, 15) is 14.7 Å². The van der Waals surface area contributed by atoms with Crippen molar-refractivity contribution in [1.82, 2.24) is 0 Å². The maximum absolute atomic E-state index is 13.3. The van der Waals surface area contributed by atoms with Gasteiger partial charge < -0.3 is 14.3 Å². The Bertz CT molecular complexity index is 1300. The third kappa shape index (κ3) is 3.02. The van der Waals surface area contributed by atoms with Crippen LogP contribution < -0.4 is 9.64 Å². The summed E-state index contributed by atoms with van der Waals surface area (Å²) in [6.07, 6.45) is 0.730. The van der Waals surface area contributed by atoms with E-state index < -0.39 is 17.7 Å². The summed E-state index contributed by atoms with van der Waals surface area (Å²) in [6, 6.07) is 13.6. The molecule has 1 N–H and O–H groups in total. The highest BCUT2D eigenvalue weighted by molar-refractivity contribution is 6.51. The Morgan fingerprint density at radius 2 is 1.88 bits per heavy atom. The number of ketones is 1. The molecule has 3 aromatic rings. The SMILES string of the molecule is Cc1ccc(C2/C(=C(/O)c3ccc4c(c3)CCO4)C(=O)C(=O)N2c2cccc(C)c2C)o1. The van der Waals surface area contributed by atoms with Gasteiger partial charge in [-0.15, -0.1) is 0 Å². The number of ether oxygens (including phenoxy) is 1. The summed E-state index contributed by atoms with van der Waals surface area (Å²) in [5, 5.41) is 11.3. The van der Waals surface area contributed by atoms with Crippen LogP contribution in [0, 0.1) is 20.8 Å². The second-order valence-electron chi connectivity index (χ2n) is 8.26. The normalized spacial score (nSPS) is 19.3. The Morgan fingerprint density at radius 1 is 1.06 bits per heavy atom. The van der Waals surface area contributed by atoms with E-state index in [0.717, 1.165) is 28.9 Å². The molecule has 0 aliphatic carbocycles. The zero-order chi connectivity index (χ0) is 22.6. The highest BCUT2D eigenvalue weighted by atomic mass is 16.5. The number of carbonyl (C=O) groups is 2. The molecule has 1 amide bonds. The highest BCUT2D eigenvalue weighted by Gasteiger charge is 2.48. The summed E-state index contributed by atoms with van der Waals surface area (Å²) >= 11 is 0. The van der Waals surface area contributed by atoms with Crippen LogP contribution in [-0.4, -0.2) is 23.4 Å². The standard InChI is InChI=1S/C26H23NO5/c1-14-5-4-6-19(16(14)3)27-23(21-9-7-15(2)32-21)22(25(29)26(27)30)24(28)18-8-10-20-17(13-18)11-12-31-20/h4-10,13,23,28H,11-12H2,1-3H3/b24-22-. The third-order valence-electron chi connectivity index (χ3n) is 6.27. The van der Waals surface area contributed by atoms with Crippen molar-refractivity contribution in [3.63, 3.8) is 0 Å². The number of nitrogens with zero attached hydrogens (tertiary/aromatic N) is 1. The summed E-state index contributed by atoms with van der Waals surface area (Å²) in [7, 11) is 0. The van der Waals surface area contributed by atoms with E-state index in [1.165, 1.54) is 4.90 Å². The molecule has 0 saturated carbocycles. The van der Waals surface area contributed by atoms with Gasteiger partial charge in [0.2, 0.25) is 0 Å². The van der Waals surface area contributed by atoms with Crippen LogP contribution in [-0.2, 0) is 16.0 Å². The molecule has 32 heavy (non-hydrogen) atoms. The summed E-state index contributed by atoms with van der Waals surface area (Å²) in [4.78, 5) is 27.9. The van der Waals surface area contributed by atoms with Crippen molar-refractivity contribution in [2.24, 2.45) is 0 Å². The van der Waals surface area contributed by atoms with E-state index >= 15 is 0 Å². The number of carbonyl (C=O) groups excluding carboxylic acids is 2. The lowest BCUT2D eigenvalue weighted by Gasteiger charge is -2.25. The first-order valence-electron chi connectivity index (χ1n) is 10.6. The van der Waals surface area contributed by atoms with Gasteiger partial charge >= 0.3 is 0 Å². The molecule has 2 aliphatic rings. The van der Waals surface area contributed by atoms with Crippen LogP contribution in [0.4, 0.5) is 5.69 Å². The fraction of sp³-hybridized carbons (Fsp3) is 0.231. The molecule has 0 bridgehead atoms. The molecule has 2 aliphatic heterocycles. The average Bonchev–Trinajstić information content (AvgIpc) is 3.48. The zero-order valence-corrected chi connectivity index (χ0v) is 18.1. The van der Waals surface area contributed by atoms with E-state index in [1.807, 2.05) is 38.1 Å². The number of furan rings is 1. The summed E-state index contributed by atoms with van der Waals surface area (Å²) in [5.41, 5.74) is 3.95. The lowest BCUT2D eigenvalue weighted by Crippen LogP contribution is -2.30. The minimum Gasteiger partial charge on any atom is -0.507 e. The van der Waals surface area contributed by atoms with E-state index in [-0.39, 0.29) is 11.3 Å². The van der Waals surface area contributed by atoms with Crippen LogP contribution in [0.25, 0.3) is 5.76 Å². The molecule has 1 unspecified atom stereocenters. The number of amides is 1. The van der Waals surface area contributed by atoms with Crippen molar-refractivity contribution in [3.05, 3.63) is 87.9 Å². The minimum atomic E-state index is -0.867. The molecule has 6 nitrogen and oxygen atoms in total. The van der Waals surface area contributed by atoms with Crippen LogP contribution in [0.3, 0.4) is 0 Å². The highest BCUT2D eigenvalue weighted by Crippen LogP contribution is 2.44. The third-order valence-corrected chi connectivity index (χ3v) is 6.27. The largest absolute Gasteiger partial charge is 0.507 e. The number of hydrogen-bond donors (Lipinski definition) is 1. The van der Waals surface area contributed by atoms with Crippen LogP contribution in [0.2, 0.25) is 0 Å². The minimum absolute atomic E-state index is 0.0177. The van der Waals surface area contributed by atoms with Crippen LogP contribution in [0.15, 0.2) is 58.5 Å². The van der Waals surface area contributed by atoms with Crippen molar-refractivity contribution in [2.45, 2.75) is 33.2 Å². The van der Waals surface area contributed by atoms with Gasteiger partial charge in [0.15, 0.2) is 0 Å². The van der Waals surface area contributed by atoms with E-state index in [1.54, 1.807) is 31.2 Å². The van der Waals surface area contributed by atoms with E-state index in [2.05, 4.69) is 0 Å². The smallest absolute Gasteiger partial charge is 0.300 e. The number of aliphatic hydroxyl groups is 1. The Hall–Kier alpha value is -3.80. The predicted molar refractivity (Wildman–Crippen MR) is 120 cm³/mol. The number of aliphatic hydroxyl groups excluding tert-OH is 1. The van der Waals surface area contributed by atoms with Crippen LogP contribution >= 0.6 is 0 Å². The maximum atomic E-state index is 13.3. The molecule has 0 radical (unpaired) electrons. The molecule has 2 aromatic carbocycles. The summed E-state index contributed by atoms with van der Waals surface area (Å²) < 4.78 is 11.4. The molecule has 1 aromatic heterocycles. The molecule has 1 saturated heterocycles. The molecule has 162 valence electrons. The molecule has 0 spiro atoms. The number of hydrogen-bond acceptors (Lipinski definition) is 5. The lowest BCUT2D eigenvalue weighted by atomic mass is 9.97. The molecule has 5 rings (SSSR count). The van der Waals surface area contributed by atoms with Gasteiger partial charge in [0, 0.05) is 17.7 Å². The number of fused-ring (bicyclic) bond motifs is 1.